The van der Waals surface area contributed by atoms with Crippen molar-refractivity contribution in [2.45, 2.75) is 20.3 Å². The van der Waals surface area contributed by atoms with Crippen molar-refractivity contribution < 1.29 is 9.53 Å². The first-order valence-corrected chi connectivity index (χ1v) is 4.76. The largest absolute Gasteiger partial charge is 0.465 e. The fourth-order valence-corrected chi connectivity index (χ4v) is 1.62. The summed E-state index contributed by atoms with van der Waals surface area (Å²) in [4.78, 5) is 11.6. The number of benzene rings is 1. The van der Waals surface area contributed by atoms with E-state index in [2.05, 4.69) is 6.07 Å². The topological polar surface area (TPSA) is 50.1 Å². The Morgan fingerprint density at radius 1 is 1.53 bits per heavy atom. The summed E-state index contributed by atoms with van der Waals surface area (Å²) in [5, 5.41) is 8.92. The number of aryl methyl sites for hydroxylation is 1. The molecule has 78 valence electrons. The van der Waals surface area contributed by atoms with Crippen molar-refractivity contribution >= 4 is 5.97 Å². The second-order valence-corrected chi connectivity index (χ2v) is 3.24. The van der Waals surface area contributed by atoms with Crippen LogP contribution in [0.1, 0.15) is 34.0 Å². The van der Waals surface area contributed by atoms with Crippen molar-refractivity contribution in [3.05, 3.63) is 34.4 Å². The maximum absolute atomic E-state index is 11.6. The van der Waals surface area contributed by atoms with Crippen molar-refractivity contribution in [2.24, 2.45) is 0 Å². The molecule has 0 saturated carbocycles. The molecule has 1 aromatic rings. The predicted octanol–water partition coefficient (Wildman–Crippen LogP) is 2.22. The molecule has 0 heterocycles. The summed E-state index contributed by atoms with van der Waals surface area (Å²) in [6.45, 7) is 3.76. The maximum atomic E-state index is 11.6. The SMILES string of the molecule is CCc1c(C#N)ccc(C)c1C(=O)OC. The lowest BCUT2D eigenvalue weighted by atomic mass is 9.95. The van der Waals surface area contributed by atoms with E-state index >= 15 is 0 Å². The summed E-state index contributed by atoms with van der Waals surface area (Å²) in [6.07, 6.45) is 0.648. The average Bonchev–Trinajstić information content (AvgIpc) is 2.27. The highest BCUT2D eigenvalue weighted by Crippen LogP contribution is 2.20. The third-order valence-corrected chi connectivity index (χ3v) is 2.38. The van der Waals surface area contributed by atoms with Gasteiger partial charge >= 0.3 is 5.97 Å². The molecular formula is C12H13NO2. The van der Waals surface area contributed by atoms with Crippen molar-refractivity contribution in [3.63, 3.8) is 0 Å². The number of carbonyl (C=O) groups is 1. The van der Waals surface area contributed by atoms with Crippen LogP contribution in [0.5, 0.6) is 0 Å². The second kappa shape index (κ2) is 4.61. The van der Waals surface area contributed by atoms with Crippen LogP contribution in [-0.2, 0) is 11.2 Å². The molecule has 0 radical (unpaired) electrons. The van der Waals surface area contributed by atoms with E-state index in [1.54, 1.807) is 12.1 Å². The highest BCUT2D eigenvalue weighted by molar-refractivity contribution is 5.93. The van der Waals surface area contributed by atoms with Gasteiger partial charge in [0.1, 0.15) is 0 Å². The Morgan fingerprint density at radius 3 is 2.67 bits per heavy atom. The molecule has 0 fully saturated rings. The van der Waals surface area contributed by atoms with Crippen LogP contribution in [0.3, 0.4) is 0 Å². The zero-order valence-corrected chi connectivity index (χ0v) is 9.13. The number of hydrogen-bond acceptors (Lipinski definition) is 3. The van der Waals surface area contributed by atoms with Crippen LogP contribution in [0.2, 0.25) is 0 Å². The molecule has 0 spiro atoms. The van der Waals surface area contributed by atoms with Crippen LogP contribution in [0, 0.1) is 18.3 Å². The summed E-state index contributed by atoms with van der Waals surface area (Å²) in [5.41, 5.74) is 2.68. The van der Waals surface area contributed by atoms with Crippen molar-refractivity contribution in [1.82, 2.24) is 0 Å². The molecule has 3 nitrogen and oxygen atoms in total. The molecule has 0 aliphatic carbocycles. The van der Waals surface area contributed by atoms with Gasteiger partial charge < -0.3 is 4.74 Å². The van der Waals surface area contributed by atoms with E-state index in [0.717, 1.165) is 11.1 Å². The van der Waals surface area contributed by atoms with Crippen molar-refractivity contribution in [2.75, 3.05) is 7.11 Å². The van der Waals surface area contributed by atoms with Gasteiger partial charge in [0.15, 0.2) is 0 Å². The monoisotopic (exact) mass is 203 g/mol. The molecule has 3 heteroatoms. The molecule has 0 amide bonds. The predicted molar refractivity (Wildman–Crippen MR) is 56.6 cm³/mol. The van der Waals surface area contributed by atoms with Gasteiger partial charge in [-0.1, -0.05) is 13.0 Å². The van der Waals surface area contributed by atoms with Gasteiger partial charge in [0.2, 0.25) is 0 Å². The van der Waals surface area contributed by atoms with Gasteiger partial charge in [0, 0.05) is 0 Å². The Labute approximate surface area is 89.3 Å². The van der Waals surface area contributed by atoms with E-state index < -0.39 is 0 Å². The van der Waals surface area contributed by atoms with E-state index in [1.807, 2.05) is 13.8 Å². The first-order chi connectivity index (χ1) is 7.15. The van der Waals surface area contributed by atoms with Gasteiger partial charge in [-0.3, -0.25) is 0 Å². The minimum absolute atomic E-state index is 0.374. The van der Waals surface area contributed by atoms with Crippen molar-refractivity contribution in [1.29, 1.82) is 5.26 Å². The van der Waals surface area contributed by atoms with Crippen LogP contribution in [0.15, 0.2) is 12.1 Å². The minimum atomic E-state index is -0.374. The van der Waals surface area contributed by atoms with E-state index in [4.69, 9.17) is 10.00 Å². The number of methoxy groups -OCH3 is 1. The lowest BCUT2D eigenvalue weighted by Crippen LogP contribution is -2.09. The molecular weight excluding hydrogens is 190 g/mol. The molecule has 0 aliphatic rings. The number of nitrogens with zero attached hydrogens (tertiary/aromatic N) is 1. The lowest BCUT2D eigenvalue weighted by Gasteiger charge is -2.10. The van der Waals surface area contributed by atoms with E-state index in [-0.39, 0.29) is 5.97 Å². The molecule has 0 aliphatic heterocycles. The summed E-state index contributed by atoms with van der Waals surface area (Å²) in [5.74, 6) is -0.374. The van der Waals surface area contributed by atoms with Crippen LogP contribution in [0.25, 0.3) is 0 Å². The smallest absolute Gasteiger partial charge is 0.338 e. The average molecular weight is 203 g/mol. The molecule has 0 saturated heterocycles. The summed E-state index contributed by atoms with van der Waals surface area (Å²) in [6, 6.07) is 5.59. The van der Waals surface area contributed by atoms with E-state index in [9.17, 15) is 4.79 Å². The highest BCUT2D eigenvalue weighted by Gasteiger charge is 2.16. The van der Waals surface area contributed by atoms with Gasteiger partial charge in [-0.2, -0.15) is 5.26 Å². The second-order valence-electron chi connectivity index (χ2n) is 3.24. The lowest BCUT2D eigenvalue weighted by molar-refractivity contribution is 0.0598. The van der Waals surface area contributed by atoms with Crippen LogP contribution >= 0.6 is 0 Å². The van der Waals surface area contributed by atoms with Crippen LogP contribution in [-0.4, -0.2) is 13.1 Å². The summed E-state index contributed by atoms with van der Waals surface area (Å²) in [7, 11) is 1.35. The minimum Gasteiger partial charge on any atom is -0.465 e. The Hall–Kier alpha value is -1.82. The van der Waals surface area contributed by atoms with Crippen molar-refractivity contribution in [3.8, 4) is 6.07 Å². The Balaban J connectivity index is 3.47. The Morgan fingerprint density at radius 2 is 2.20 bits per heavy atom. The molecule has 0 bridgehead atoms. The third-order valence-electron chi connectivity index (χ3n) is 2.38. The third kappa shape index (κ3) is 1.99. The number of hydrogen-bond donors (Lipinski definition) is 0. The van der Waals surface area contributed by atoms with Gasteiger partial charge in [-0.15, -0.1) is 0 Å². The zero-order chi connectivity index (χ0) is 11.4. The fourth-order valence-electron chi connectivity index (χ4n) is 1.62. The number of esters is 1. The van der Waals surface area contributed by atoms with E-state index in [0.29, 0.717) is 17.5 Å². The molecule has 15 heavy (non-hydrogen) atoms. The fraction of sp³-hybridized carbons (Fsp3) is 0.333. The molecule has 0 N–H and O–H groups in total. The first kappa shape index (κ1) is 11.3. The number of rotatable bonds is 2. The molecule has 1 aromatic carbocycles. The Bertz CT molecular complexity index is 430. The normalized spacial score (nSPS) is 9.47. The van der Waals surface area contributed by atoms with Gasteiger partial charge in [-0.25, -0.2) is 4.79 Å². The molecule has 0 unspecified atom stereocenters. The van der Waals surface area contributed by atoms with E-state index in [1.165, 1.54) is 7.11 Å². The molecule has 1 rings (SSSR count). The summed E-state index contributed by atoms with van der Waals surface area (Å²) < 4.78 is 4.71. The number of nitriles is 1. The Kier molecular flexibility index (Phi) is 3.46. The van der Waals surface area contributed by atoms with Gasteiger partial charge in [0.05, 0.1) is 24.3 Å². The quantitative estimate of drug-likeness (QED) is 0.692. The zero-order valence-electron chi connectivity index (χ0n) is 9.13. The van der Waals surface area contributed by atoms with Gasteiger partial charge in [0.25, 0.3) is 0 Å². The molecule has 0 atom stereocenters. The van der Waals surface area contributed by atoms with Crippen LogP contribution < -0.4 is 0 Å². The standard InChI is InChI=1S/C12H13NO2/c1-4-10-9(7-13)6-5-8(2)11(10)12(14)15-3/h5-6H,4H2,1-3H3. The highest BCUT2D eigenvalue weighted by atomic mass is 16.5. The first-order valence-electron chi connectivity index (χ1n) is 4.76. The number of carbonyl (C=O) groups excluding carboxylic acids is 1. The summed E-state index contributed by atoms with van der Waals surface area (Å²) >= 11 is 0. The number of ether oxygens (including phenoxy) is 1. The van der Waals surface area contributed by atoms with Gasteiger partial charge in [-0.05, 0) is 30.5 Å². The molecule has 0 aromatic heterocycles. The maximum Gasteiger partial charge on any atom is 0.338 e. The van der Waals surface area contributed by atoms with Crippen LogP contribution in [0.4, 0.5) is 0 Å².